The maximum Gasteiger partial charge on any atom is 0.495 e. The third kappa shape index (κ3) is 37.1. The second-order valence-corrected chi connectivity index (χ2v) is 36.7. The summed E-state index contributed by atoms with van der Waals surface area (Å²) in [5, 5.41) is 69.9. The van der Waals surface area contributed by atoms with Crippen molar-refractivity contribution in [2.75, 3.05) is 239 Å². The highest BCUT2D eigenvalue weighted by atomic mass is 35.5. The van der Waals surface area contributed by atoms with E-state index in [4.69, 9.17) is 165 Å². The lowest BCUT2D eigenvalue weighted by molar-refractivity contribution is -0.361. The zero-order chi connectivity index (χ0) is 102. The molecule has 10 aromatic rings. The molecule has 7 fully saturated rings. The molecule has 8 N–H and O–H groups in total. The van der Waals surface area contributed by atoms with Gasteiger partial charge in [0, 0.05) is 131 Å². The van der Waals surface area contributed by atoms with E-state index in [2.05, 4.69) is 119 Å². The van der Waals surface area contributed by atoms with Gasteiger partial charge in [0.05, 0.1) is 149 Å². The number of hydrogen-bond acceptors (Lipinski definition) is 37. The molecule has 0 spiro atoms. The van der Waals surface area contributed by atoms with Crippen molar-refractivity contribution in [3.05, 3.63) is 173 Å². The number of anilines is 8. The molecule has 7 aliphatic heterocycles. The Morgan fingerprint density at radius 1 is 0.421 bits per heavy atom. The lowest BCUT2D eigenvalue weighted by Crippen LogP contribution is -2.41. The number of hydrogen-bond donors (Lipinski definition) is 5. The molecule has 0 aliphatic carbocycles. The summed E-state index contributed by atoms with van der Waals surface area (Å²) in [5.41, 5.74) is 31.7. The molecule has 7 saturated heterocycles. The molecule has 0 atom stereocenters. The summed E-state index contributed by atoms with van der Waals surface area (Å²) >= 11 is 39.7. The summed E-state index contributed by atoms with van der Waals surface area (Å²) in [6, 6.07) is 33.5. The molecule has 6 aromatic heterocycles. The van der Waals surface area contributed by atoms with E-state index in [1.807, 2.05) is 115 Å². The van der Waals surface area contributed by atoms with Crippen molar-refractivity contribution in [2.45, 2.75) is 99.2 Å². The first kappa shape index (κ1) is 115. The fraction of sp³-hybridized carbons (Fsp3) is 0.473. The quantitative estimate of drug-likeness (QED) is 0.0393. The Morgan fingerprint density at radius 2 is 0.736 bits per heavy atom. The van der Waals surface area contributed by atoms with Crippen LogP contribution in [0.2, 0.25) is 35.9 Å². The van der Waals surface area contributed by atoms with Gasteiger partial charge in [-0.05, 0) is 166 Å². The van der Waals surface area contributed by atoms with Crippen LogP contribution in [0.5, 0.6) is 23.5 Å². The summed E-state index contributed by atoms with van der Waals surface area (Å²) in [4.78, 5) is 21.4. The van der Waals surface area contributed by atoms with E-state index in [0.29, 0.717) is 153 Å². The van der Waals surface area contributed by atoms with E-state index < -0.39 is 15.8 Å². The molecular weight excluding hydrogens is 1970 g/mol. The number of aryl methyl sites for hydroxylation is 3. The Labute approximate surface area is 853 Å². The number of halogens is 7. The Balaban J connectivity index is 0.000000196. The van der Waals surface area contributed by atoms with Crippen LogP contribution in [-0.4, -0.2) is 296 Å². The van der Waals surface area contributed by atoms with E-state index in [0.717, 1.165) is 183 Å². The first-order valence-corrected chi connectivity index (χ1v) is 49.9. The smallest absolute Gasteiger partial charge is 0.495 e. The van der Waals surface area contributed by atoms with Gasteiger partial charge in [-0.1, -0.05) is 118 Å². The van der Waals surface area contributed by atoms with Crippen LogP contribution in [-0.2, 0) is 47.6 Å². The molecule has 0 amide bonds. The molecule has 47 heteroatoms. The van der Waals surface area contributed by atoms with Gasteiger partial charge in [0.2, 0.25) is 0 Å². The molecular formula is C93H124BCl7N21O17S-. The number of nitrogens with two attached hydrogens (primary N) is 3. The monoisotopic (exact) mass is 2090 g/mol. The number of nitrogen functional groups attached to an aromatic ring is 3. The largest absolute Gasteiger partial charge is 0.855 e. The number of aromatic carboxylic acids is 1. The molecule has 17 rings (SSSR count). The van der Waals surface area contributed by atoms with Gasteiger partial charge in [0.25, 0.3) is 23.5 Å². The number of carboxylic acids is 1. The number of carboxylic acid groups (broad SMARTS) is 1. The van der Waals surface area contributed by atoms with Gasteiger partial charge >= 0.3 is 13.1 Å². The molecule has 762 valence electrons. The number of morpholine rings is 6. The summed E-state index contributed by atoms with van der Waals surface area (Å²) in [7, 11) is -3.65. The zero-order valence-electron chi connectivity index (χ0n) is 80.9. The zero-order valence-corrected chi connectivity index (χ0v) is 87.0. The number of sulfone groups is 1. The Morgan fingerprint density at radius 3 is 1.06 bits per heavy atom. The minimum atomic E-state index is -3.32. The summed E-state index contributed by atoms with van der Waals surface area (Å²) < 4.78 is 87.9. The fourth-order valence-electron chi connectivity index (χ4n) is 13.6. The molecule has 0 saturated carbocycles. The van der Waals surface area contributed by atoms with Crippen molar-refractivity contribution in [1.82, 2.24) is 66.5 Å². The van der Waals surface area contributed by atoms with Gasteiger partial charge in [-0.15, -0.1) is 67.8 Å². The molecule has 4 aromatic carbocycles. The van der Waals surface area contributed by atoms with E-state index in [1.54, 1.807) is 25.1 Å². The lowest BCUT2D eigenvalue weighted by Gasteiger charge is -2.32. The highest BCUT2D eigenvalue weighted by Crippen LogP contribution is 2.39. The highest BCUT2D eigenvalue weighted by Gasteiger charge is 2.52. The van der Waals surface area contributed by atoms with Crippen LogP contribution >= 0.6 is 81.2 Å². The standard InChI is InChI=1S/2C17H22N4O2.C13H20BNO2.2C10H14ClN3O2.C8H9Cl2N3O.C8H8O4S.C4HCl3N2.C4H9NO.C2H5O/c2*1-3-23-17-16(21-6-8-22-9-7-21)11-15(19-20-17)14-10-13(18)5-4-12(14)2;1-9-6-7-10(15)8-11(9)14-16-12(2,3)13(4,5)17-14;2*1-2-16-10-8(7-9(11)12-13-10)14-3-5-15-6-4-14;9-7-5-6(8(10)12-11-7)13-1-3-14-4-2-13;1-13(11,12)7-4-2-3-6(5-7)8(9)10;5-2-1-3(6)8-9-4(2)7;1-3-6-4-2-5-1;1-2-3/h2*4-5,10-11H,3,6-9,18H2,1-2H3;6-8H,15H2,1-5H3;2*7H,2-6H2,1H3;5H,1-4H2;2-5H,1H3,(H,9,10);1H;5H,1-4H2;2H2,1H3/q;;;;;;;;;-1. The molecule has 0 unspecified atom stereocenters. The maximum atomic E-state index is 11.0. The summed E-state index contributed by atoms with van der Waals surface area (Å²) in [5.74, 6) is 1.08. The lowest BCUT2D eigenvalue weighted by atomic mass is 9.76. The van der Waals surface area contributed by atoms with Crippen LogP contribution in [0.15, 0.2) is 120 Å². The van der Waals surface area contributed by atoms with E-state index in [9.17, 15) is 13.2 Å². The third-order valence-corrected chi connectivity index (χ3v) is 24.2. The average Bonchev–Trinajstić information content (AvgIpc) is 1.62. The SMILES string of the molecule is C1COCCN1.CCOc1nnc(-c2cc(N)ccc2C)cc1N1CCOCC1.CCOc1nnc(-c2cc(N)ccc2C)cc1N1CCOCC1.CCOc1nnc(Cl)cc1N1CCOCC1.CCOc1nnc(Cl)cc1N1CCOCC1.CC[O-].CS(=O)(=O)c1cccc(C(=O)O)c1.Cc1ccc(N)cc1B1OC(C)(C)C(C)(C)O1.Clc1cc(Cl)c(Cl)nn1.Clc1cc(N2CCOCC2)c(Cl)nn1. The van der Waals surface area contributed by atoms with Gasteiger partial charge in [-0.25, -0.2) is 13.2 Å². The second kappa shape index (κ2) is 59.2. The van der Waals surface area contributed by atoms with Crippen molar-refractivity contribution < 1.29 is 80.1 Å². The van der Waals surface area contributed by atoms with Crippen LogP contribution in [0.1, 0.15) is 89.4 Å². The van der Waals surface area contributed by atoms with Gasteiger partial charge in [0.1, 0.15) is 22.7 Å². The highest BCUT2D eigenvalue weighted by molar-refractivity contribution is 7.90. The molecule has 0 radical (unpaired) electrons. The van der Waals surface area contributed by atoms with E-state index in [-0.39, 0.29) is 45.7 Å². The van der Waals surface area contributed by atoms with Gasteiger partial charge < -0.3 is 114 Å². The molecule has 7 aliphatic rings. The van der Waals surface area contributed by atoms with Crippen LogP contribution < -0.4 is 76.5 Å². The van der Waals surface area contributed by atoms with E-state index >= 15 is 0 Å². The predicted molar refractivity (Wildman–Crippen MR) is 548 cm³/mol. The van der Waals surface area contributed by atoms with Crippen molar-refractivity contribution in [1.29, 1.82) is 0 Å². The van der Waals surface area contributed by atoms with Crippen LogP contribution in [0, 0.1) is 20.8 Å². The van der Waals surface area contributed by atoms with Crippen LogP contribution in [0.25, 0.3) is 22.5 Å². The van der Waals surface area contributed by atoms with Crippen molar-refractivity contribution >= 4 is 155 Å². The Hall–Kier alpha value is -9.93. The number of carbonyl (C=O) groups is 1. The minimum absolute atomic E-state index is 0. The molecule has 13 heterocycles. The minimum Gasteiger partial charge on any atom is -0.855 e. The first-order valence-electron chi connectivity index (χ1n) is 45.4. The summed E-state index contributed by atoms with van der Waals surface area (Å²) in [6.07, 6.45) is 1.04. The number of aromatic nitrogens is 12. The Bertz CT molecular complexity index is 5410. The number of rotatable bonds is 18. The van der Waals surface area contributed by atoms with Crippen LogP contribution in [0.4, 0.5) is 45.5 Å². The number of nitrogens with zero attached hydrogens (tertiary/aromatic N) is 17. The van der Waals surface area contributed by atoms with Crippen LogP contribution in [0.3, 0.4) is 0 Å². The first-order chi connectivity index (χ1) is 67.0. The predicted octanol–water partition coefficient (Wildman–Crippen LogP) is 13.0. The molecule has 38 nitrogen and oxygen atoms in total. The second-order valence-electron chi connectivity index (χ2n) is 32.0. The topological polar surface area (TPSA) is 466 Å². The summed E-state index contributed by atoms with van der Waals surface area (Å²) in [6.45, 7) is 45.0. The number of ether oxygens (including phenoxy) is 10. The van der Waals surface area contributed by atoms with E-state index in [1.165, 1.54) is 24.3 Å². The fourth-order valence-corrected chi connectivity index (χ4v) is 15.3. The maximum absolute atomic E-state index is 11.0. The number of benzene rings is 4. The van der Waals surface area contributed by atoms with Gasteiger partial charge in [0.15, 0.2) is 40.8 Å². The number of nitrogens with one attached hydrogen (secondary N) is 1. The third-order valence-electron chi connectivity index (χ3n) is 21.4. The van der Waals surface area contributed by atoms with Crippen molar-refractivity contribution in [3.8, 4) is 46.0 Å². The van der Waals surface area contributed by atoms with Gasteiger partial charge in [-0.3, -0.25) is 0 Å². The normalized spacial score (nSPS) is 15.8. The molecule has 0 bridgehead atoms. The Kier molecular flexibility index (Phi) is 48.8. The van der Waals surface area contributed by atoms with Crippen molar-refractivity contribution in [2.24, 2.45) is 0 Å². The van der Waals surface area contributed by atoms with Gasteiger partial charge in [-0.2, -0.15) is 0 Å². The average molecular weight is 2100 g/mol. The molecule has 140 heavy (non-hydrogen) atoms. The van der Waals surface area contributed by atoms with Crippen molar-refractivity contribution in [3.63, 3.8) is 0 Å².